The maximum absolute atomic E-state index is 11.0. The highest BCUT2D eigenvalue weighted by atomic mass is 16.5. The van der Waals surface area contributed by atoms with Crippen LogP contribution in [-0.2, 0) is 0 Å². The normalized spacial score (nSPS) is 10.5. The minimum Gasteiger partial charge on any atom is -0.478 e. The van der Waals surface area contributed by atoms with E-state index in [1.54, 1.807) is 0 Å². The monoisotopic (exact) mass is 179 g/mol. The summed E-state index contributed by atoms with van der Waals surface area (Å²) < 4.78 is 4.75. The van der Waals surface area contributed by atoms with Crippen molar-refractivity contribution in [1.82, 2.24) is 5.16 Å². The molecule has 1 aromatic heterocycles. The van der Waals surface area contributed by atoms with Gasteiger partial charge in [0.1, 0.15) is 0 Å². The van der Waals surface area contributed by atoms with Crippen LogP contribution in [-0.4, -0.2) is 16.2 Å². The third-order valence-corrected chi connectivity index (χ3v) is 1.72. The van der Waals surface area contributed by atoms with Crippen LogP contribution in [0.15, 0.2) is 27.5 Å². The molecule has 66 valence electrons. The Morgan fingerprint density at radius 1 is 1.46 bits per heavy atom. The molecule has 0 saturated heterocycles. The Balaban J connectivity index is 2.80. The fourth-order valence-corrected chi connectivity index (χ4v) is 1.09. The lowest BCUT2D eigenvalue weighted by atomic mass is 10.2. The van der Waals surface area contributed by atoms with Crippen LogP contribution >= 0.6 is 0 Å². The number of carboxylic acids is 1. The van der Waals surface area contributed by atoms with Gasteiger partial charge in [0.15, 0.2) is 5.58 Å². The number of aromatic nitrogens is 1. The summed E-state index contributed by atoms with van der Waals surface area (Å²) in [6, 6.07) is 4.10. The van der Waals surface area contributed by atoms with Gasteiger partial charge in [0.25, 0.3) is 5.56 Å². The van der Waals surface area contributed by atoms with Crippen molar-refractivity contribution in [2.45, 2.75) is 0 Å². The fourth-order valence-electron chi connectivity index (χ4n) is 1.09. The van der Waals surface area contributed by atoms with E-state index in [0.717, 1.165) is 0 Å². The number of carbonyl (C=O) groups is 1. The van der Waals surface area contributed by atoms with E-state index in [9.17, 15) is 9.59 Å². The summed E-state index contributed by atoms with van der Waals surface area (Å²) in [7, 11) is 0. The molecular weight excluding hydrogens is 174 g/mol. The average molecular weight is 179 g/mol. The van der Waals surface area contributed by atoms with Crippen LogP contribution in [0, 0.1) is 0 Å². The number of hydrogen-bond acceptors (Lipinski definition) is 3. The molecule has 0 spiro atoms. The number of benzene rings is 1. The minimum absolute atomic E-state index is 0.0689. The molecule has 13 heavy (non-hydrogen) atoms. The fraction of sp³-hybridized carbons (Fsp3) is 0. The van der Waals surface area contributed by atoms with Gasteiger partial charge >= 0.3 is 5.97 Å². The van der Waals surface area contributed by atoms with Crippen LogP contribution in [0.4, 0.5) is 0 Å². The summed E-state index contributed by atoms with van der Waals surface area (Å²) in [6.45, 7) is 0. The quantitative estimate of drug-likeness (QED) is 0.678. The Labute approximate surface area is 71.6 Å². The molecule has 2 aromatic rings. The van der Waals surface area contributed by atoms with E-state index in [1.807, 2.05) is 0 Å². The third-order valence-electron chi connectivity index (χ3n) is 1.72. The summed E-state index contributed by atoms with van der Waals surface area (Å²) in [5, 5.41) is 11.0. The molecule has 5 heteroatoms. The first-order valence-corrected chi connectivity index (χ1v) is 3.53. The SMILES string of the molecule is O=C(O)c1ccc2o[nH]c(=O)c2c1. The molecule has 0 radical (unpaired) electrons. The van der Waals surface area contributed by atoms with Crippen molar-refractivity contribution in [1.29, 1.82) is 0 Å². The van der Waals surface area contributed by atoms with Crippen molar-refractivity contribution in [3.63, 3.8) is 0 Å². The molecule has 0 aliphatic carbocycles. The summed E-state index contributed by atoms with van der Waals surface area (Å²) >= 11 is 0. The predicted molar refractivity (Wildman–Crippen MR) is 43.8 cm³/mol. The molecule has 1 heterocycles. The molecule has 0 fully saturated rings. The molecule has 2 rings (SSSR count). The van der Waals surface area contributed by atoms with E-state index in [2.05, 4.69) is 5.16 Å². The zero-order valence-corrected chi connectivity index (χ0v) is 6.40. The number of nitrogens with one attached hydrogen (secondary N) is 1. The highest BCUT2D eigenvalue weighted by Gasteiger charge is 2.07. The van der Waals surface area contributed by atoms with Gasteiger partial charge in [0.2, 0.25) is 0 Å². The topological polar surface area (TPSA) is 83.3 Å². The number of fused-ring (bicyclic) bond motifs is 1. The van der Waals surface area contributed by atoms with E-state index in [-0.39, 0.29) is 10.9 Å². The average Bonchev–Trinajstić information content (AvgIpc) is 2.47. The van der Waals surface area contributed by atoms with Gasteiger partial charge in [0, 0.05) is 0 Å². The Morgan fingerprint density at radius 3 is 2.92 bits per heavy atom. The van der Waals surface area contributed by atoms with Gasteiger partial charge in [-0.05, 0) is 18.2 Å². The lowest BCUT2D eigenvalue weighted by Crippen LogP contribution is -2.00. The number of H-pyrrole nitrogens is 1. The Morgan fingerprint density at radius 2 is 2.23 bits per heavy atom. The van der Waals surface area contributed by atoms with E-state index < -0.39 is 11.5 Å². The maximum Gasteiger partial charge on any atom is 0.335 e. The molecule has 2 N–H and O–H groups in total. The molecule has 0 aliphatic heterocycles. The van der Waals surface area contributed by atoms with E-state index >= 15 is 0 Å². The molecule has 5 nitrogen and oxygen atoms in total. The van der Waals surface area contributed by atoms with Gasteiger partial charge in [-0.15, -0.1) is 0 Å². The Bertz CT molecular complexity index is 522. The first kappa shape index (κ1) is 7.60. The molecule has 0 amide bonds. The first-order valence-electron chi connectivity index (χ1n) is 3.53. The second-order valence-corrected chi connectivity index (χ2v) is 2.55. The van der Waals surface area contributed by atoms with Crippen molar-refractivity contribution in [2.75, 3.05) is 0 Å². The van der Waals surface area contributed by atoms with E-state index in [0.29, 0.717) is 5.58 Å². The number of carboxylic acid groups (broad SMARTS) is 1. The Kier molecular flexibility index (Phi) is 1.45. The highest BCUT2D eigenvalue weighted by molar-refractivity contribution is 5.92. The second kappa shape index (κ2) is 2.48. The molecule has 0 bridgehead atoms. The smallest absolute Gasteiger partial charge is 0.335 e. The van der Waals surface area contributed by atoms with Gasteiger partial charge in [-0.2, -0.15) is 5.16 Å². The molecule has 1 aromatic carbocycles. The van der Waals surface area contributed by atoms with Crippen LogP contribution in [0.3, 0.4) is 0 Å². The second-order valence-electron chi connectivity index (χ2n) is 2.55. The summed E-state index contributed by atoms with van der Waals surface area (Å²) in [5.41, 5.74) is 0.00694. The van der Waals surface area contributed by atoms with Crippen LogP contribution in [0.25, 0.3) is 11.0 Å². The zero-order chi connectivity index (χ0) is 9.42. The van der Waals surface area contributed by atoms with Gasteiger partial charge in [0.05, 0.1) is 10.9 Å². The van der Waals surface area contributed by atoms with Crippen LogP contribution in [0.5, 0.6) is 0 Å². The largest absolute Gasteiger partial charge is 0.478 e. The van der Waals surface area contributed by atoms with Gasteiger partial charge in [-0.3, -0.25) is 4.79 Å². The number of aromatic amines is 1. The van der Waals surface area contributed by atoms with Crippen LogP contribution in [0.1, 0.15) is 10.4 Å². The third kappa shape index (κ3) is 1.10. The number of hydrogen-bond donors (Lipinski definition) is 2. The summed E-state index contributed by atoms with van der Waals surface area (Å²) in [5.74, 6) is -1.07. The minimum atomic E-state index is -1.07. The molecule has 0 atom stereocenters. The first-order chi connectivity index (χ1) is 6.18. The van der Waals surface area contributed by atoms with Gasteiger partial charge in [-0.25, -0.2) is 4.79 Å². The van der Waals surface area contributed by atoms with Crippen LogP contribution in [0.2, 0.25) is 0 Å². The van der Waals surface area contributed by atoms with Crippen molar-refractivity contribution >= 4 is 16.9 Å². The number of rotatable bonds is 1. The number of aromatic carboxylic acids is 1. The van der Waals surface area contributed by atoms with E-state index in [4.69, 9.17) is 9.63 Å². The van der Waals surface area contributed by atoms with Crippen molar-refractivity contribution in [3.05, 3.63) is 34.1 Å². The summed E-state index contributed by atoms with van der Waals surface area (Å²) in [4.78, 5) is 21.5. The predicted octanol–water partition coefficient (Wildman–Crippen LogP) is 0.819. The Hall–Kier alpha value is -2.04. The van der Waals surface area contributed by atoms with E-state index in [1.165, 1.54) is 18.2 Å². The van der Waals surface area contributed by atoms with Crippen molar-refractivity contribution in [3.8, 4) is 0 Å². The van der Waals surface area contributed by atoms with Gasteiger partial charge in [-0.1, -0.05) is 0 Å². The summed E-state index contributed by atoms with van der Waals surface area (Å²) in [6.07, 6.45) is 0. The van der Waals surface area contributed by atoms with Crippen molar-refractivity contribution < 1.29 is 14.4 Å². The zero-order valence-electron chi connectivity index (χ0n) is 6.40. The lowest BCUT2D eigenvalue weighted by molar-refractivity contribution is 0.0697. The highest BCUT2D eigenvalue weighted by Crippen LogP contribution is 2.11. The molecule has 0 aliphatic rings. The standard InChI is InChI=1S/C8H5NO4/c10-7-5-3-4(8(11)12)1-2-6(5)13-9-7/h1-3H,(H,9,10)(H,11,12). The van der Waals surface area contributed by atoms with Gasteiger partial charge < -0.3 is 9.63 Å². The molecule has 0 unspecified atom stereocenters. The maximum atomic E-state index is 11.0. The molecular formula is C8H5NO4. The van der Waals surface area contributed by atoms with Crippen LogP contribution < -0.4 is 5.56 Å². The van der Waals surface area contributed by atoms with Crippen molar-refractivity contribution in [2.24, 2.45) is 0 Å². The molecule has 0 saturated carbocycles. The lowest BCUT2D eigenvalue weighted by Gasteiger charge is -1.90.